The third-order valence-corrected chi connectivity index (χ3v) is 2.97. The molecule has 0 spiro atoms. The van der Waals surface area contributed by atoms with Gasteiger partial charge in [0.25, 0.3) is 0 Å². The number of halogens is 2. The molecule has 0 aliphatic heterocycles. The van der Waals surface area contributed by atoms with E-state index in [4.69, 9.17) is 28.0 Å². The summed E-state index contributed by atoms with van der Waals surface area (Å²) in [5, 5.41) is 1.17. The van der Waals surface area contributed by atoms with E-state index in [1.807, 2.05) is 0 Å². The van der Waals surface area contributed by atoms with Gasteiger partial charge in [-0.25, -0.2) is 0 Å². The number of alkyl halides is 2. The van der Waals surface area contributed by atoms with Crippen LogP contribution in [0.25, 0.3) is 0 Å². The standard InChI is InChI=1S/C12H20Br2O7P/c1-3-16-9-11(18-7-5-13)20-22(15)21-12(10-17-4-2)19-8-6-14/h9-10H,3-8H2,1-2H3/q+1. The summed E-state index contributed by atoms with van der Waals surface area (Å²) >= 11 is 6.41. The minimum absolute atomic E-state index is 0.0429. The van der Waals surface area contributed by atoms with Crippen molar-refractivity contribution in [1.82, 2.24) is 0 Å². The van der Waals surface area contributed by atoms with Crippen LogP contribution in [0.1, 0.15) is 13.8 Å². The topological polar surface area (TPSA) is 72.5 Å². The van der Waals surface area contributed by atoms with Gasteiger partial charge in [-0.1, -0.05) is 31.9 Å². The maximum atomic E-state index is 11.8. The highest BCUT2D eigenvalue weighted by Crippen LogP contribution is 2.32. The Kier molecular flexibility index (Phi) is 14.8. The predicted molar refractivity (Wildman–Crippen MR) is 88.7 cm³/mol. The van der Waals surface area contributed by atoms with Crippen LogP contribution in [0.3, 0.4) is 0 Å². The highest BCUT2D eigenvalue weighted by molar-refractivity contribution is 9.09. The van der Waals surface area contributed by atoms with Crippen LogP contribution >= 0.6 is 40.1 Å². The molecule has 0 aromatic carbocycles. The third kappa shape index (κ3) is 11.9. The molecular formula is C12H20Br2O7P+. The van der Waals surface area contributed by atoms with Gasteiger partial charge in [-0.3, -0.25) is 0 Å². The van der Waals surface area contributed by atoms with Crippen LogP contribution in [0.15, 0.2) is 24.4 Å². The Hall–Kier alpha value is -0.660. The van der Waals surface area contributed by atoms with Crippen molar-refractivity contribution in [3.8, 4) is 0 Å². The van der Waals surface area contributed by atoms with Crippen molar-refractivity contribution in [3.05, 3.63) is 24.4 Å². The molecule has 0 aliphatic carbocycles. The fourth-order valence-corrected chi connectivity index (χ4v) is 1.76. The highest BCUT2D eigenvalue weighted by atomic mass is 79.9. The second-order valence-corrected chi connectivity index (χ2v) is 5.66. The van der Waals surface area contributed by atoms with E-state index < -0.39 is 8.25 Å². The molecular weight excluding hydrogens is 447 g/mol. The van der Waals surface area contributed by atoms with Crippen LogP contribution in [0.4, 0.5) is 0 Å². The quantitative estimate of drug-likeness (QED) is 0.216. The van der Waals surface area contributed by atoms with E-state index in [9.17, 15) is 4.57 Å². The van der Waals surface area contributed by atoms with E-state index in [0.717, 1.165) is 0 Å². The zero-order chi connectivity index (χ0) is 16.6. The molecule has 0 rings (SSSR count). The Bertz CT molecular complexity index is 331. The zero-order valence-electron chi connectivity index (χ0n) is 12.5. The van der Waals surface area contributed by atoms with E-state index in [2.05, 4.69) is 31.9 Å². The molecule has 0 saturated heterocycles. The second-order valence-electron chi connectivity index (χ2n) is 3.27. The molecule has 0 N–H and O–H groups in total. The van der Waals surface area contributed by atoms with Crippen molar-refractivity contribution >= 4 is 40.1 Å². The first-order chi connectivity index (χ1) is 10.7. The Labute approximate surface area is 148 Å². The molecule has 128 valence electrons. The third-order valence-electron chi connectivity index (χ3n) is 1.66. The van der Waals surface area contributed by atoms with Gasteiger partial charge in [0.2, 0.25) is 0 Å². The lowest BCUT2D eigenvalue weighted by Gasteiger charge is -2.04. The Morgan fingerprint density at radius 3 is 1.64 bits per heavy atom. The summed E-state index contributed by atoms with van der Waals surface area (Å²) in [4.78, 5) is 0. The van der Waals surface area contributed by atoms with Gasteiger partial charge in [0.05, 0.1) is 13.2 Å². The molecule has 10 heteroatoms. The van der Waals surface area contributed by atoms with E-state index in [-0.39, 0.29) is 11.9 Å². The van der Waals surface area contributed by atoms with Crippen LogP contribution in [0.5, 0.6) is 0 Å². The van der Waals surface area contributed by atoms with Crippen molar-refractivity contribution in [2.75, 3.05) is 37.1 Å². The SMILES string of the molecule is CCOC=C(OCCBr)O[P+](=O)OC(=COCC)OCCBr. The molecule has 0 radical (unpaired) electrons. The van der Waals surface area contributed by atoms with E-state index >= 15 is 0 Å². The molecule has 7 nitrogen and oxygen atoms in total. The van der Waals surface area contributed by atoms with Crippen molar-refractivity contribution in [2.45, 2.75) is 13.8 Å². The minimum Gasteiger partial charge on any atom is -0.494 e. The molecule has 0 saturated carbocycles. The lowest BCUT2D eigenvalue weighted by Crippen LogP contribution is -2.01. The van der Waals surface area contributed by atoms with Gasteiger partial charge in [-0.15, -0.1) is 0 Å². The summed E-state index contributed by atoms with van der Waals surface area (Å²) in [6.45, 7) is 5.09. The maximum absolute atomic E-state index is 11.8. The summed E-state index contributed by atoms with van der Waals surface area (Å²) in [6, 6.07) is 0. The van der Waals surface area contributed by atoms with Gasteiger partial charge < -0.3 is 18.9 Å². The van der Waals surface area contributed by atoms with Gasteiger partial charge in [-0.2, -0.15) is 9.05 Å². The fraction of sp³-hybridized carbons (Fsp3) is 0.667. The first-order valence-electron chi connectivity index (χ1n) is 6.52. The molecule has 22 heavy (non-hydrogen) atoms. The average molecular weight is 467 g/mol. The number of hydrogen-bond acceptors (Lipinski definition) is 7. The average Bonchev–Trinajstić information content (AvgIpc) is 2.52. The molecule has 0 amide bonds. The molecule has 0 heterocycles. The van der Waals surface area contributed by atoms with E-state index in [0.29, 0.717) is 37.1 Å². The van der Waals surface area contributed by atoms with Crippen LogP contribution in [-0.4, -0.2) is 37.1 Å². The first-order valence-corrected chi connectivity index (χ1v) is 9.85. The zero-order valence-corrected chi connectivity index (χ0v) is 16.5. The monoisotopic (exact) mass is 465 g/mol. The van der Waals surface area contributed by atoms with E-state index in [1.165, 1.54) is 12.5 Å². The maximum Gasteiger partial charge on any atom is 0.812 e. The van der Waals surface area contributed by atoms with Crippen LogP contribution in [0, 0.1) is 0 Å². The van der Waals surface area contributed by atoms with Crippen molar-refractivity contribution < 1.29 is 32.6 Å². The minimum atomic E-state index is -2.55. The summed E-state index contributed by atoms with van der Waals surface area (Å²) in [7, 11) is -2.55. The molecule has 0 unspecified atom stereocenters. The van der Waals surface area contributed by atoms with Gasteiger partial charge in [0, 0.05) is 15.2 Å². The van der Waals surface area contributed by atoms with Crippen LogP contribution in [-0.2, 0) is 32.6 Å². The summed E-state index contributed by atoms with van der Waals surface area (Å²) in [5.41, 5.74) is 0. The smallest absolute Gasteiger partial charge is 0.494 e. The molecule has 0 fully saturated rings. The number of rotatable bonds is 14. The first kappa shape index (κ1) is 21.3. The Balaban J connectivity index is 4.54. The summed E-state index contributed by atoms with van der Waals surface area (Å²) in [6.07, 6.45) is 2.45. The van der Waals surface area contributed by atoms with Crippen molar-refractivity contribution in [1.29, 1.82) is 0 Å². The highest BCUT2D eigenvalue weighted by Gasteiger charge is 2.30. The van der Waals surface area contributed by atoms with Gasteiger partial charge >= 0.3 is 20.1 Å². The molecule has 0 atom stereocenters. The normalized spacial score (nSPS) is 12.5. The van der Waals surface area contributed by atoms with Gasteiger partial charge in [0.1, 0.15) is 13.2 Å². The molecule has 0 aromatic rings. The largest absolute Gasteiger partial charge is 0.812 e. The van der Waals surface area contributed by atoms with Crippen molar-refractivity contribution in [3.63, 3.8) is 0 Å². The Morgan fingerprint density at radius 2 is 1.32 bits per heavy atom. The van der Waals surface area contributed by atoms with Crippen LogP contribution in [0.2, 0.25) is 0 Å². The molecule has 0 aliphatic rings. The molecule has 0 bridgehead atoms. The predicted octanol–water partition coefficient (Wildman–Crippen LogP) is 4.17. The molecule has 0 aromatic heterocycles. The number of ether oxygens (including phenoxy) is 4. The Morgan fingerprint density at radius 1 is 0.909 bits per heavy atom. The van der Waals surface area contributed by atoms with Crippen molar-refractivity contribution in [2.24, 2.45) is 0 Å². The second kappa shape index (κ2) is 15.2. The summed E-state index contributed by atoms with van der Waals surface area (Å²) < 4.78 is 42.4. The lowest BCUT2D eigenvalue weighted by atomic mass is 10.8. The van der Waals surface area contributed by atoms with Gasteiger partial charge in [-0.05, 0) is 13.8 Å². The lowest BCUT2D eigenvalue weighted by molar-refractivity contribution is 0.0662. The van der Waals surface area contributed by atoms with Crippen LogP contribution < -0.4 is 0 Å². The van der Waals surface area contributed by atoms with Gasteiger partial charge in [0.15, 0.2) is 12.5 Å². The van der Waals surface area contributed by atoms with E-state index in [1.54, 1.807) is 13.8 Å². The fourth-order valence-electron chi connectivity index (χ4n) is 0.910. The summed E-state index contributed by atoms with van der Waals surface area (Å²) in [5.74, 6) is -0.0858. The number of hydrogen-bond donors (Lipinski definition) is 0.